The number of aryl methyl sites for hydroxylation is 1. The highest BCUT2D eigenvalue weighted by Gasteiger charge is 2.22. The van der Waals surface area contributed by atoms with Crippen molar-refractivity contribution in [2.24, 2.45) is 0 Å². The molecular weight excluding hydrogens is 378 g/mol. The lowest BCUT2D eigenvalue weighted by Crippen LogP contribution is -2.50. The summed E-state index contributed by atoms with van der Waals surface area (Å²) in [6.45, 7) is 4.73. The zero-order chi connectivity index (χ0) is 20.9. The van der Waals surface area contributed by atoms with Crippen molar-refractivity contribution in [2.75, 3.05) is 43.5 Å². The number of nitrogens with one attached hydrogen (secondary N) is 1. The molecule has 2 heterocycles. The van der Waals surface area contributed by atoms with E-state index in [1.54, 1.807) is 13.2 Å². The standard InChI is InChI=1S/C23H25N5O2/c1-17-6-8-18(9-7-17)21-10-11-22(26-25-21)27-12-14-28(15-13-27)23(29)24-19-4-3-5-20(16-19)30-2/h3-11,16H,12-15H2,1-2H3,(H,24,29). The Morgan fingerprint density at radius 1 is 0.967 bits per heavy atom. The van der Waals surface area contributed by atoms with Crippen LogP contribution in [0.25, 0.3) is 11.3 Å². The number of ether oxygens (including phenoxy) is 1. The van der Waals surface area contributed by atoms with Gasteiger partial charge in [0.25, 0.3) is 0 Å². The number of aromatic nitrogens is 2. The van der Waals surface area contributed by atoms with Gasteiger partial charge in [-0.05, 0) is 31.2 Å². The number of carbonyl (C=O) groups excluding carboxylic acids is 1. The molecule has 1 saturated heterocycles. The molecule has 1 aliphatic rings. The molecule has 7 nitrogen and oxygen atoms in total. The van der Waals surface area contributed by atoms with Gasteiger partial charge in [-0.2, -0.15) is 0 Å². The van der Waals surface area contributed by atoms with E-state index in [0.717, 1.165) is 22.8 Å². The van der Waals surface area contributed by atoms with Gasteiger partial charge in [0.1, 0.15) is 5.75 Å². The number of anilines is 2. The molecule has 1 N–H and O–H groups in total. The van der Waals surface area contributed by atoms with Crippen molar-refractivity contribution in [3.05, 3.63) is 66.2 Å². The van der Waals surface area contributed by atoms with Crippen molar-refractivity contribution in [1.82, 2.24) is 15.1 Å². The minimum absolute atomic E-state index is 0.108. The summed E-state index contributed by atoms with van der Waals surface area (Å²) in [4.78, 5) is 16.5. The average molecular weight is 403 g/mol. The van der Waals surface area contributed by atoms with Crippen LogP contribution in [0.15, 0.2) is 60.7 Å². The van der Waals surface area contributed by atoms with Crippen molar-refractivity contribution in [3.8, 4) is 17.0 Å². The van der Waals surface area contributed by atoms with Crippen molar-refractivity contribution < 1.29 is 9.53 Å². The summed E-state index contributed by atoms with van der Waals surface area (Å²) in [5, 5.41) is 11.7. The van der Waals surface area contributed by atoms with Crippen LogP contribution in [0.4, 0.5) is 16.3 Å². The summed E-state index contributed by atoms with van der Waals surface area (Å²) in [6.07, 6.45) is 0. The number of rotatable bonds is 4. The molecule has 0 aliphatic carbocycles. The van der Waals surface area contributed by atoms with Gasteiger partial charge in [-0.1, -0.05) is 35.9 Å². The van der Waals surface area contributed by atoms with Gasteiger partial charge in [0.15, 0.2) is 5.82 Å². The van der Waals surface area contributed by atoms with Crippen LogP contribution < -0.4 is 15.0 Å². The summed E-state index contributed by atoms with van der Waals surface area (Å²) < 4.78 is 5.20. The normalized spacial score (nSPS) is 13.8. The fraction of sp³-hybridized carbons (Fsp3) is 0.261. The zero-order valence-corrected chi connectivity index (χ0v) is 17.2. The molecule has 0 unspecified atom stereocenters. The molecule has 4 rings (SSSR count). The van der Waals surface area contributed by atoms with Crippen molar-refractivity contribution >= 4 is 17.5 Å². The molecule has 0 saturated carbocycles. The number of piperazine rings is 1. The van der Waals surface area contributed by atoms with Gasteiger partial charge in [-0.25, -0.2) is 4.79 Å². The second-order valence-electron chi connectivity index (χ2n) is 7.28. The predicted molar refractivity (Wildman–Crippen MR) is 118 cm³/mol. The van der Waals surface area contributed by atoms with Crippen LogP contribution in [0.2, 0.25) is 0 Å². The molecule has 1 aliphatic heterocycles. The van der Waals surface area contributed by atoms with E-state index in [-0.39, 0.29) is 6.03 Å². The van der Waals surface area contributed by atoms with Crippen molar-refractivity contribution in [3.63, 3.8) is 0 Å². The summed E-state index contributed by atoms with van der Waals surface area (Å²) in [5.41, 5.74) is 3.85. The minimum atomic E-state index is -0.108. The average Bonchev–Trinajstić information content (AvgIpc) is 2.80. The molecule has 3 aromatic rings. The summed E-state index contributed by atoms with van der Waals surface area (Å²) in [5.74, 6) is 1.55. The quantitative estimate of drug-likeness (QED) is 0.717. The van der Waals surface area contributed by atoms with E-state index < -0.39 is 0 Å². The number of amides is 2. The lowest BCUT2D eigenvalue weighted by atomic mass is 10.1. The van der Waals surface area contributed by atoms with Gasteiger partial charge >= 0.3 is 6.03 Å². The molecular formula is C23H25N5O2. The molecule has 1 fully saturated rings. The highest BCUT2D eigenvalue weighted by Crippen LogP contribution is 2.21. The number of carbonyl (C=O) groups is 1. The van der Waals surface area contributed by atoms with Gasteiger partial charge in [-0.3, -0.25) is 0 Å². The third-order valence-corrected chi connectivity index (χ3v) is 5.21. The fourth-order valence-electron chi connectivity index (χ4n) is 3.41. The number of hydrogen-bond donors (Lipinski definition) is 1. The molecule has 7 heteroatoms. The number of nitrogens with zero attached hydrogens (tertiary/aromatic N) is 4. The summed E-state index contributed by atoms with van der Waals surface area (Å²) in [7, 11) is 1.61. The maximum atomic E-state index is 12.6. The Hall–Kier alpha value is -3.61. The third kappa shape index (κ3) is 4.51. The molecule has 2 amide bonds. The van der Waals surface area contributed by atoms with Gasteiger partial charge in [0.2, 0.25) is 0 Å². The van der Waals surface area contributed by atoms with E-state index in [1.807, 2.05) is 35.2 Å². The summed E-state index contributed by atoms with van der Waals surface area (Å²) >= 11 is 0. The Labute approximate surface area is 176 Å². The van der Waals surface area contributed by atoms with Crippen molar-refractivity contribution in [2.45, 2.75) is 6.92 Å². The number of urea groups is 1. The molecule has 0 radical (unpaired) electrons. The molecule has 154 valence electrons. The highest BCUT2D eigenvalue weighted by atomic mass is 16.5. The van der Waals surface area contributed by atoms with Gasteiger partial charge in [0.05, 0.1) is 12.8 Å². The minimum Gasteiger partial charge on any atom is -0.497 e. The van der Waals surface area contributed by atoms with Crippen LogP contribution in [0.5, 0.6) is 5.75 Å². The maximum Gasteiger partial charge on any atom is 0.321 e. The lowest BCUT2D eigenvalue weighted by Gasteiger charge is -2.35. The predicted octanol–water partition coefficient (Wildman–Crippen LogP) is 3.81. The van der Waals surface area contributed by atoms with E-state index in [1.165, 1.54) is 5.56 Å². The first-order valence-electron chi connectivity index (χ1n) is 9.98. The Balaban J connectivity index is 1.33. The summed E-state index contributed by atoms with van der Waals surface area (Å²) in [6, 6.07) is 19.5. The van der Waals surface area contributed by atoms with Crippen LogP contribution in [0.1, 0.15) is 5.56 Å². The Morgan fingerprint density at radius 3 is 2.40 bits per heavy atom. The highest BCUT2D eigenvalue weighted by molar-refractivity contribution is 5.89. The van der Waals surface area contributed by atoms with E-state index in [4.69, 9.17) is 4.74 Å². The first kappa shape index (κ1) is 19.7. The lowest BCUT2D eigenvalue weighted by molar-refractivity contribution is 0.208. The zero-order valence-electron chi connectivity index (χ0n) is 17.2. The van der Waals surface area contributed by atoms with E-state index in [2.05, 4.69) is 51.6 Å². The molecule has 0 atom stereocenters. The Kier molecular flexibility index (Phi) is 5.79. The van der Waals surface area contributed by atoms with Gasteiger partial charge in [-0.15, -0.1) is 10.2 Å². The number of hydrogen-bond acceptors (Lipinski definition) is 5. The first-order chi connectivity index (χ1) is 14.6. The number of benzene rings is 2. The van der Waals surface area contributed by atoms with Crippen molar-refractivity contribution in [1.29, 1.82) is 0 Å². The smallest absolute Gasteiger partial charge is 0.321 e. The first-order valence-corrected chi connectivity index (χ1v) is 9.98. The van der Waals surface area contributed by atoms with E-state index in [9.17, 15) is 4.79 Å². The molecule has 1 aromatic heterocycles. The van der Waals surface area contributed by atoms with E-state index in [0.29, 0.717) is 31.9 Å². The topological polar surface area (TPSA) is 70.6 Å². The van der Waals surface area contributed by atoms with Crippen LogP contribution >= 0.6 is 0 Å². The van der Waals surface area contributed by atoms with Crippen LogP contribution in [0.3, 0.4) is 0 Å². The molecule has 0 spiro atoms. The second-order valence-corrected chi connectivity index (χ2v) is 7.28. The van der Waals surface area contributed by atoms with Gasteiger partial charge in [0, 0.05) is 43.5 Å². The largest absolute Gasteiger partial charge is 0.497 e. The molecule has 30 heavy (non-hydrogen) atoms. The SMILES string of the molecule is COc1cccc(NC(=O)N2CCN(c3ccc(-c4ccc(C)cc4)nn3)CC2)c1. The van der Waals surface area contributed by atoms with E-state index >= 15 is 0 Å². The second kappa shape index (κ2) is 8.82. The third-order valence-electron chi connectivity index (χ3n) is 5.21. The number of methoxy groups -OCH3 is 1. The monoisotopic (exact) mass is 403 g/mol. The van der Waals surface area contributed by atoms with Gasteiger partial charge < -0.3 is 19.9 Å². The van der Waals surface area contributed by atoms with Crippen LogP contribution in [-0.4, -0.2) is 54.4 Å². The Bertz CT molecular complexity index is 997. The van der Waals surface area contributed by atoms with Crippen LogP contribution in [-0.2, 0) is 0 Å². The maximum absolute atomic E-state index is 12.6. The molecule has 0 bridgehead atoms. The fourth-order valence-corrected chi connectivity index (χ4v) is 3.41. The van der Waals surface area contributed by atoms with Crippen LogP contribution in [0, 0.1) is 6.92 Å². The molecule has 2 aromatic carbocycles. The Morgan fingerprint density at radius 2 is 1.73 bits per heavy atom.